The van der Waals surface area contributed by atoms with Gasteiger partial charge in [0.2, 0.25) is 11.8 Å². The molecule has 3 amide bonds. The molecule has 0 bridgehead atoms. The van der Waals surface area contributed by atoms with Gasteiger partial charge in [0.1, 0.15) is 5.75 Å². The number of aryl methyl sites for hydroxylation is 1. The summed E-state index contributed by atoms with van der Waals surface area (Å²) in [7, 11) is 1.57. The van der Waals surface area contributed by atoms with E-state index < -0.39 is 0 Å². The molecule has 0 spiro atoms. The van der Waals surface area contributed by atoms with Gasteiger partial charge in [0.25, 0.3) is 5.91 Å². The number of piperazine rings is 1. The van der Waals surface area contributed by atoms with Crippen molar-refractivity contribution < 1.29 is 19.1 Å². The van der Waals surface area contributed by atoms with Crippen LogP contribution in [0.1, 0.15) is 15.9 Å². The van der Waals surface area contributed by atoms with Crippen molar-refractivity contribution in [3.05, 3.63) is 29.3 Å². The average Bonchev–Trinajstić information content (AvgIpc) is 2.65. The normalized spacial score (nSPS) is 14.2. The average molecular weight is 348 g/mol. The van der Waals surface area contributed by atoms with Gasteiger partial charge in [-0.05, 0) is 24.6 Å². The number of benzene rings is 1. The predicted molar refractivity (Wildman–Crippen MR) is 92.3 cm³/mol. The molecule has 8 heteroatoms. The number of nitrogens with one attached hydrogen (secondary N) is 1. The van der Waals surface area contributed by atoms with Crippen LogP contribution in [-0.2, 0) is 9.59 Å². The highest BCUT2D eigenvalue weighted by molar-refractivity contribution is 5.95. The number of nitrogens with zero attached hydrogens (tertiary/aromatic N) is 2. The summed E-state index contributed by atoms with van der Waals surface area (Å²) < 4.78 is 5.26. The van der Waals surface area contributed by atoms with Crippen molar-refractivity contribution in [3.8, 4) is 5.75 Å². The Hall–Kier alpha value is -2.61. The van der Waals surface area contributed by atoms with Crippen LogP contribution in [0.4, 0.5) is 0 Å². The summed E-state index contributed by atoms with van der Waals surface area (Å²) in [6.45, 7) is 3.48. The van der Waals surface area contributed by atoms with E-state index in [4.69, 9.17) is 10.5 Å². The number of hydrogen-bond donors (Lipinski definition) is 2. The van der Waals surface area contributed by atoms with E-state index in [1.165, 1.54) is 0 Å². The molecule has 8 nitrogen and oxygen atoms in total. The van der Waals surface area contributed by atoms with Crippen LogP contribution in [0.3, 0.4) is 0 Å². The summed E-state index contributed by atoms with van der Waals surface area (Å²) in [5.41, 5.74) is 6.72. The van der Waals surface area contributed by atoms with Crippen LogP contribution in [0.5, 0.6) is 5.75 Å². The molecule has 3 N–H and O–H groups in total. The molecule has 0 saturated carbocycles. The largest absolute Gasteiger partial charge is 0.496 e. The van der Waals surface area contributed by atoms with E-state index in [0.29, 0.717) is 37.5 Å². The molecule has 2 rings (SSSR count). The molecule has 0 aliphatic carbocycles. The van der Waals surface area contributed by atoms with Crippen molar-refractivity contribution in [2.75, 3.05) is 46.4 Å². The quantitative estimate of drug-likeness (QED) is 0.737. The fourth-order valence-electron chi connectivity index (χ4n) is 2.65. The van der Waals surface area contributed by atoms with Crippen LogP contribution in [0.15, 0.2) is 18.2 Å². The maximum absolute atomic E-state index is 12.6. The van der Waals surface area contributed by atoms with Crippen LogP contribution < -0.4 is 15.8 Å². The monoisotopic (exact) mass is 348 g/mol. The van der Waals surface area contributed by atoms with Crippen molar-refractivity contribution in [2.24, 2.45) is 5.73 Å². The lowest BCUT2D eigenvalue weighted by Crippen LogP contribution is -2.52. The minimum atomic E-state index is -0.365. The zero-order chi connectivity index (χ0) is 18.4. The Labute approximate surface area is 146 Å². The summed E-state index contributed by atoms with van der Waals surface area (Å²) in [5.74, 6) is 0.0542. The van der Waals surface area contributed by atoms with Crippen LogP contribution in [0.2, 0.25) is 0 Å². The summed E-state index contributed by atoms with van der Waals surface area (Å²) in [6.07, 6.45) is 0. The fraction of sp³-hybridized carbons (Fsp3) is 0.471. The van der Waals surface area contributed by atoms with Crippen LogP contribution in [-0.4, -0.2) is 73.9 Å². The molecule has 1 aliphatic heterocycles. The van der Waals surface area contributed by atoms with Crippen molar-refractivity contribution in [1.82, 2.24) is 15.1 Å². The second-order valence-electron chi connectivity index (χ2n) is 5.84. The van der Waals surface area contributed by atoms with Gasteiger partial charge in [0.15, 0.2) is 0 Å². The SMILES string of the molecule is COc1cc(C(=O)N2CCN(C(=O)CNC(=O)CN)CC2)ccc1C. The number of rotatable bonds is 5. The highest BCUT2D eigenvalue weighted by Crippen LogP contribution is 2.20. The van der Waals surface area contributed by atoms with Gasteiger partial charge >= 0.3 is 0 Å². The second-order valence-corrected chi connectivity index (χ2v) is 5.84. The number of nitrogens with two attached hydrogens (primary N) is 1. The van der Waals surface area contributed by atoms with Crippen molar-refractivity contribution in [3.63, 3.8) is 0 Å². The molecule has 0 unspecified atom stereocenters. The summed E-state index contributed by atoms with van der Waals surface area (Å²) in [4.78, 5) is 39.1. The fourth-order valence-corrected chi connectivity index (χ4v) is 2.65. The van der Waals surface area contributed by atoms with Gasteiger partial charge in [-0.15, -0.1) is 0 Å². The third-order valence-electron chi connectivity index (χ3n) is 4.20. The van der Waals surface area contributed by atoms with E-state index in [1.54, 1.807) is 29.0 Å². The minimum Gasteiger partial charge on any atom is -0.496 e. The molecule has 0 atom stereocenters. The first-order valence-electron chi connectivity index (χ1n) is 8.14. The van der Waals surface area contributed by atoms with E-state index in [9.17, 15) is 14.4 Å². The van der Waals surface area contributed by atoms with E-state index in [1.807, 2.05) is 13.0 Å². The van der Waals surface area contributed by atoms with E-state index in [0.717, 1.165) is 5.56 Å². The van der Waals surface area contributed by atoms with Gasteiger partial charge in [0, 0.05) is 31.7 Å². The topological polar surface area (TPSA) is 105 Å². The first-order valence-corrected chi connectivity index (χ1v) is 8.14. The van der Waals surface area contributed by atoms with Crippen LogP contribution >= 0.6 is 0 Å². The Bertz CT molecular complexity index is 654. The summed E-state index contributed by atoms with van der Waals surface area (Å²) >= 11 is 0. The van der Waals surface area contributed by atoms with Gasteiger partial charge in [0.05, 0.1) is 20.2 Å². The molecule has 0 radical (unpaired) electrons. The lowest BCUT2D eigenvalue weighted by Gasteiger charge is -2.35. The van der Waals surface area contributed by atoms with Gasteiger partial charge in [-0.1, -0.05) is 6.07 Å². The van der Waals surface area contributed by atoms with Gasteiger partial charge in [-0.25, -0.2) is 0 Å². The van der Waals surface area contributed by atoms with E-state index in [-0.39, 0.29) is 30.8 Å². The zero-order valence-electron chi connectivity index (χ0n) is 14.6. The summed E-state index contributed by atoms with van der Waals surface area (Å²) in [5, 5.41) is 2.46. The molecule has 1 heterocycles. The lowest BCUT2D eigenvalue weighted by molar-refractivity contribution is -0.133. The molecule has 136 valence electrons. The van der Waals surface area contributed by atoms with Gasteiger partial charge in [-0.2, -0.15) is 0 Å². The third-order valence-corrected chi connectivity index (χ3v) is 4.20. The maximum atomic E-state index is 12.6. The Morgan fingerprint density at radius 1 is 1.16 bits per heavy atom. The third kappa shape index (κ3) is 4.69. The van der Waals surface area contributed by atoms with Crippen LogP contribution in [0.25, 0.3) is 0 Å². The minimum absolute atomic E-state index is 0.0703. The highest BCUT2D eigenvalue weighted by Gasteiger charge is 2.25. The van der Waals surface area contributed by atoms with E-state index >= 15 is 0 Å². The maximum Gasteiger partial charge on any atom is 0.254 e. The molecular weight excluding hydrogens is 324 g/mol. The Morgan fingerprint density at radius 2 is 1.80 bits per heavy atom. The Morgan fingerprint density at radius 3 is 2.40 bits per heavy atom. The molecule has 1 aromatic rings. The number of methoxy groups -OCH3 is 1. The molecule has 25 heavy (non-hydrogen) atoms. The summed E-state index contributed by atoms with van der Waals surface area (Å²) in [6, 6.07) is 5.36. The predicted octanol–water partition coefficient (Wildman–Crippen LogP) is -0.637. The molecule has 1 saturated heterocycles. The first-order chi connectivity index (χ1) is 12.0. The van der Waals surface area contributed by atoms with E-state index in [2.05, 4.69) is 5.32 Å². The number of carbonyl (C=O) groups is 3. The molecule has 1 fully saturated rings. The molecule has 0 aromatic heterocycles. The van der Waals surface area contributed by atoms with Crippen LogP contribution in [0, 0.1) is 6.92 Å². The number of amides is 3. The first kappa shape index (κ1) is 18.7. The zero-order valence-corrected chi connectivity index (χ0v) is 14.6. The highest BCUT2D eigenvalue weighted by atomic mass is 16.5. The van der Waals surface area contributed by atoms with Crippen molar-refractivity contribution >= 4 is 17.7 Å². The van der Waals surface area contributed by atoms with Crippen molar-refractivity contribution in [1.29, 1.82) is 0 Å². The van der Waals surface area contributed by atoms with Gasteiger partial charge < -0.3 is 25.6 Å². The number of hydrogen-bond acceptors (Lipinski definition) is 5. The Kier molecular flexibility index (Phi) is 6.35. The smallest absolute Gasteiger partial charge is 0.254 e. The lowest BCUT2D eigenvalue weighted by atomic mass is 10.1. The number of carbonyl (C=O) groups excluding carboxylic acids is 3. The molecular formula is C17H24N4O4. The van der Waals surface area contributed by atoms with Crippen molar-refractivity contribution in [2.45, 2.75) is 6.92 Å². The molecule has 1 aromatic carbocycles. The standard InChI is InChI=1S/C17H24N4O4/c1-12-3-4-13(9-14(12)25-2)17(24)21-7-5-20(6-8-21)16(23)11-19-15(22)10-18/h3-4,9H,5-8,10-11,18H2,1-2H3,(H,19,22). The van der Waals surface area contributed by atoms with Gasteiger partial charge in [-0.3, -0.25) is 14.4 Å². The Balaban J connectivity index is 1.90. The second kappa shape index (κ2) is 8.48. The number of ether oxygens (including phenoxy) is 1. The molecule has 1 aliphatic rings.